The van der Waals surface area contributed by atoms with Crippen molar-refractivity contribution >= 4 is 9.24 Å². The molecule has 0 aliphatic heterocycles. The van der Waals surface area contributed by atoms with E-state index in [4.69, 9.17) is 0 Å². The van der Waals surface area contributed by atoms with Crippen LogP contribution in [0, 0.1) is 5.92 Å². The summed E-state index contributed by atoms with van der Waals surface area (Å²) in [6, 6.07) is 0. The first kappa shape index (κ1) is 20.4. The van der Waals surface area contributed by atoms with E-state index in [9.17, 15) is 0 Å². The van der Waals surface area contributed by atoms with Gasteiger partial charge in [-0.15, -0.1) is 9.24 Å². The van der Waals surface area contributed by atoms with E-state index in [-0.39, 0.29) is 0 Å². The van der Waals surface area contributed by atoms with Gasteiger partial charge in [0.2, 0.25) is 0 Å². The molecule has 1 heteroatoms. The Labute approximate surface area is 132 Å². The average Bonchev–Trinajstić information content (AvgIpc) is 2.46. The summed E-state index contributed by atoms with van der Waals surface area (Å²) in [6.45, 7) is 9.33. The second kappa shape index (κ2) is 13.1. The molecular weight excluding hydrogens is 259 g/mol. The lowest BCUT2D eigenvalue weighted by atomic mass is 9.77. The predicted octanol–water partition coefficient (Wildman–Crippen LogP) is 7.37. The highest BCUT2D eigenvalue weighted by molar-refractivity contribution is 7.19. The number of rotatable bonds is 14. The van der Waals surface area contributed by atoms with Crippen LogP contribution in [0.3, 0.4) is 0 Å². The van der Waals surface area contributed by atoms with E-state index < -0.39 is 0 Å². The Hall–Kier alpha value is 0.430. The molecule has 0 fully saturated rings. The van der Waals surface area contributed by atoms with E-state index in [1.165, 1.54) is 83.5 Å². The summed E-state index contributed by atoms with van der Waals surface area (Å²) in [6.07, 6.45) is 18.3. The zero-order valence-electron chi connectivity index (χ0n) is 14.8. The Morgan fingerprint density at radius 1 is 0.650 bits per heavy atom. The van der Waals surface area contributed by atoms with Crippen molar-refractivity contribution in [1.82, 2.24) is 0 Å². The van der Waals surface area contributed by atoms with Crippen molar-refractivity contribution in [3.63, 3.8) is 0 Å². The molecule has 0 aliphatic rings. The van der Waals surface area contributed by atoms with Crippen LogP contribution in [-0.4, -0.2) is 5.16 Å². The third kappa shape index (κ3) is 8.66. The average molecular weight is 301 g/mol. The van der Waals surface area contributed by atoms with E-state index in [0.717, 1.165) is 5.92 Å². The van der Waals surface area contributed by atoms with Crippen LogP contribution in [0.1, 0.15) is 111 Å². The summed E-state index contributed by atoms with van der Waals surface area (Å²) in [5, 5.41) is 0.537. The minimum atomic E-state index is 0.537. The molecule has 0 aromatic rings. The standard InChI is InChI=1S/C19H41P/c1-5-9-13-15-18(14-10-6-2)19(20,16-11-7-3)17-12-8-4/h18H,5-17,20H2,1-4H3. The van der Waals surface area contributed by atoms with E-state index in [0.29, 0.717) is 5.16 Å². The summed E-state index contributed by atoms with van der Waals surface area (Å²) in [4.78, 5) is 0. The monoisotopic (exact) mass is 300 g/mol. The third-order valence-corrected chi connectivity index (χ3v) is 5.92. The van der Waals surface area contributed by atoms with Gasteiger partial charge in [-0.1, -0.05) is 85.5 Å². The Balaban J connectivity index is 4.65. The first-order valence-corrected chi connectivity index (χ1v) is 10.0. The molecule has 0 N–H and O–H groups in total. The zero-order valence-corrected chi connectivity index (χ0v) is 16.0. The maximum Gasteiger partial charge on any atom is -0.0122 e. The predicted molar refractivity (Wildman–Crippen MR) is 98.6 cm³/mol. The van der Waals surface area contributed by atoms with Gasteiger partial charge >= 0.3 is 0 Å². The maximum absolute atomic E-state index is 3.34. The van der Waals surface area contributed by atoms with Gasteiger partial charge in [0.15, 0.2) is 0 Å². The first-order valence-electron chi connectivity index (χ1n) is 9.43. The van der Waals surface area contributed by atoms with Crippen molar-refractivity contribution in [2.24, 2.45) is 5.92 Å². The van der Waals surface area contributed by atoms with Crippen molar-refractivity contribution in [3.05, 3.63) is 0 Å². The smallest absolute Gasteiger partial charge is 0.0122 e. The normalized spacial score (nSPS) is 13.7. The molecule has 0 radical (unpaired) electrons. The van der Waals surface area contributed by atoms with Crippen molar-refractivity contribution in [2.45, 2.75) is 116 Å². The Bertz CT molecular complexity index is 192. The summed E-state index contributed by atoms with van der Waals surface area (Å²) in [5.41, 5.74) is 0. The second-order valence-electron chi connectivity index (χ2n) is 6.78. The molecule has 122 valence electrons. The fraction of sp³-hybridized carbons (Fsp3) is 1.00. The van der Waals surface area contributed by atoms with Gasteiger partial charge in [0.05, 0.1) is 0 Å². The third-order valence-electron chi connectivity index (χ3n) is 4.87. The molecule has 2 unspecified atom stereocenters. The highest BCUT2D eigenvalue weighted by Crippen LogP contribution is 2.43. The second-order valence-corrected chi connectivity index (χ2v) is 7.93. The van der Waals surface area contributed by atoms with Gasteiger partial charge in [-0.2, -0.15) is 0 Å². The summed E-state index contributed by atoms with van der Waals surface area (Å²) >= 11 is 0. The van der Waals surface area contributed by atoms with Crippen molar-refractivity contribution in [1.29, 1.82) is 0 Å². The largest absolute Gasteiger partial charge is 0.131 e. The SMILES string of the molecule is CCCCCC(CCCC)C(P)(CCCC)CCCC. The van der Waals surface area contributed by atoms with Crippen LogP contribution >= 0.6 is 9.24 Å². The zero-order chi connectivity index (χ0) is 15.3. The summed E-state index contributed by atoms with van der Waals surface area (Å²) in [5.74, 6) is 0.942. The van der Waals surface area contributed by atoms with Gasteiger partial charge < -0.3 is 0 Å². The van der Waals surface area contributed by atoms with E-state index >= 15 is 0 Å². The maximum atomic E-state index is 3.34. The molecule has 20 heavy (non-hydrogen) atoms. The van der Waals surface area contributed by atoms with Crippen LogP contribution in [0.2, 0.25) is 0 Å². The Morgan fingerprint density at radius 2 is 1.10 bits per heavy atom. The lowest BCUT2D eigenvalue weighted by molar-refractivity contribution is 0.275. The van der Waals surface area contributed by atoms with Crippen LogP contribution in [0.15, 0.2) is 0 Å². The van der Waals surface area contributed by atoms with Gasteiger partial charge in [-0.05, 0) is 36.8 Å². The highest BCUT2D eigenvalue weighted by atomic mass is 31.0. The number of unbranched alkanes of at least 4 members (excludes halogenated alkanes) is 5. The van der Waals surface area contributed by atoms with Crippen molar-refractivity contribution < 1.29 is 0 Å². The van der Waals surface area contributed by atoms with E-state index in [1.807, 2.05) is 0 Å². The molecule has 2 atom stereocenters. The van der Waals surface area contributed by atoms with Crippen LogP contribution in [0.5, 0.6) is 0 Å². The van der Waals surface area contributed by atoms with Crippen molar-refractivity contribution in [2.75, 3.05) is 0 Å². The quantitative estimate of drug-likeness (QED) is 0.232. The van der Waals surface area contributed by atoms with Gasteiger partial charge in [-0.25, -0.2) is 0 Å². The topological polar surface area (TPSA) is 0 Å². The van der Waals surface area contributed by atoms with Gasteiger partial charge in [-0.3, -0.25) is 0 Å². The highest BCUT2D eigenvalue weighted by Gasteiger charge is 2.32. The Kier molecular flexibility index (Phi) is 13.4. The van der Waals surface area contributed by atoms with Gasteiger partial charge in [0, 0.05) is 0 Å². The molecule has 0 saturated carbocycles. The van der Waals surface area contributed by atoms with E-state index in [1.54, 1.807) is 0 Å². The molecule has 0 rings (SSSR count). The molecule has 0 nitrogen and oxygen atoms in total. The molecule has 0 spiro atoms. The molecule has 0 aromatic carbocycles. The molecular formula is C19H41P. The van der Waals surface area contributed by atoms with Gasteiger partial charge in [0.25, 0.3) is 0 Å². The van der Waals surface area contributed by atoms with Gasteiger partial charge in [0.1, 0.15) is 0 Å². The van der Waals surface area contributed by atoms with Crippen LogP contribution in [0.4, 0.5) is 0 Å². The van der Waals surface area contributed by atoms with Crippen LogP contribution in [-0.2, 0) is 0 Å². The lowest BCUT2D eigenvalue weighted by Gasteiger charge is -2.39. The summed E-state index contributed by atoms with van der Waals surface area (Å²) in [7, 11) is 3.34. The number of hydrogen-bond donors (Lipinski definition) is 0. The molecule has 0 bridgehead atoms. The number of hydrogen-bond acceptors (Lipinski definition) is 0. The Morgan fingerprint density at radius 3 is 1.55 bits per heavy atom. The molecule has 0 aliphatic carbocycles. The molecule has 0 saturated heterocycles. The van der Waals surface area contributed by atoms with Crippen LogP contribution < -0.4 is 0 Å². The van der Waals surface area contributed by atoms with E-state index in [2.05, 4.69) is 36.9 Å². The molecule has 0 heterocycles. The summed E-state index contributed by atoms with van der Waals surface area (Å²) < 4.78 is 0. The molecule has 0 amide bonds. The fourth-order valence-corrected chi connectivity index (χ4v) is 4.10. The van der Waals surface area contributed by atoms with Crippen LogP contribution in [0.25, 0.3) is 0 Å². The van der Waals surface area contributed by atoms with Crippen molar-refractivity contribution in [3.8, 4) is 0 Å². The minimum Gasteiger partial charge on any atom is -0.131 e. The molecule has 0 aromatic heterocycles. The minimum absolute atomic E-state index is 0.537. The lowest BCUT2D eigenvalue weighted by Crippen LogP contribution is -2.32. The fourth-order valence-electron chi connectivity index (χ4n) is 3.36. The first-order chi connectivity index (χ1) is 9.64.